The van der Waals surface area contributed by atoms with Crippen LogP contribution in [0.5, 0.6) is 5.75 Å². The van der Waals surface area contributed by atoms with Crippen molar-refractivity contribution in [1.29, 1.82) is 0 Å². The first-order valence-corrected chi connectivity index (χ1v) is 7.80. The Bertz CT molecular complexity index is 469. The van der Waals surface area contributed by atoms with Crippen molar-refractivity contribution >= 4 is 10.0 Å². The zero-order chi connectivity index (χ0) is 13.6. The van der Waals surface area contributed by atoms with Crippen molar-refractivity contribution in [2.45, 2.75) is 26.7 Å². The average Bonchev–Trinajstić information content (AvgIpc) is 2.35. The van der Waals surface area contributed by atoms with E-state index in [4.69, 9.17) is 4.74 Å². The van der Waals surface area contributed by atoms with Gasteiger partial charge in [-0.3, -0.25) is 0 Å². The van der Waals surface area contributed by atoms with Crippen LogP contribution >= 0.6 is 0 Å². The number of sulfonamides is 1. The first-order chi connectivity index (χ1) is 8.44. The smallest absolute Gasteiger partial charge is 0.211 e. The van der Waals surface area contributed by atoms with E-state index in [2.05, 4.69) is 24.6 Å². The Labute approximate surface area is 109 Å². The van der Waals surface area contributed by atoms with Gasteiger partial charge in [0.1, 0.15) is 12.4 Å². The van der Waals surface area contributed by atoms with Crippen LogP contribution in [0, 0.1) is 0 Å². The van der Waals surface area contributed by atoms with E-state index in [1.165, 1.54) is 5.56 Å². The summed E-state index contributed by atoms with van der Waals surface area (Å²) in [7, 11) is -3.13. The molecule has 0 aliphatic heterocycles. The normalized spacial score (nSPS) is 11.8. The molecule has 1 aromatic carbocycles. The van der Waals surface area contributed by atoms with Gasteiger partial charge in [-0.15, -0.1) is 0 Å². The number of ether oxygens (including phenoxy) is 1. The van der Waals surface area contributed by atoms with E-state index in [0.717, 1.165) is 5.75 Å². The van der Waals surface area contributed by atoms with E-state index in [1.807, 2.05) is 18.2 Å². The van der Waals surface area contributed by atoms with Gasteiger partial charge >= 0.3 is 0 Å². The standard InChI is InChI=1S/C13H21NO3S/c1-4-18(15,16)14-8-9-17-13-7-5-6-12(10-13)11(2)3/h5-7,10-11,14H,4,8-9H2,1-3H3. The van der Waals surface area contributed by atoms with Gasteiger partial charge in [0.15, 0.2) is 0 Å². The summed E-state index contributed by atoms with van der Waals surface area (Å²) >= 11 is 0. The van der Waals surface area contributed by atoms with Gasteiger partial charge < -0.3 is 4.74 Å². The van der Waals surface area contributed by atoms with E-state index < -0.39 is 10.0 Å². The zero-order valence-electron chi connectivity index (χ0n) is 11.1. The van der Waals surface area contributed by atoms with Crippen LogP contribution in [0.25, 0.3) is 0 Å². The third-order valence-electron chi connectivity index (χ3n) is 2.60. The van der Waals surface area contributed by atoms with Crippen LogP contribution in [0.15, 0.2) is 24.3 Å². The van der Waals surface area contributed by atoms with Gasteiger partial charge in [0.2, 0.25) is 10.0 Å². The number of benzene rings is 1. The molecule has 0 fully saturated rings. The summed E-state index contributed by atoms with van der Waals surface area (Å²) in [5, 5.41) is 0. The van der Waals surface area contributed by atoms with Gasteiger partial charge in [-0.1, -0.05) is 26.0 Å². The molecule has 0 heterocycles. The largest absolute Gasteiger partial charge is 0.492 e. The number of nitrogens with one attached hydrogen (secondary N) is 1. The van der Waals surface area contributed by atoms with Crippen LogP contribution in [0.1, 0.15) is 32.3 Å². The summed E-state index contributed by atoms with van der Waals surface area (Å²) in [5.41, 5.74) is 1.21. The van der Waals surface area contributed by atoms with Crippen molar-refractivity contribution in [3.63, 3.8) is 0 Å². The van der Waals surface area contributed by atoms with Crippen LogP contribution in [0.3, 0.4) is 0 Å². The Hall–Kier alpha value is -1.07. The Kier molecular flexibility index (Phi) is 5.62. The quantitative estimate of drug-likeness (QED) is 0.773. The maximum absolute atomic E-state index is 11.2. The lowest BCUT2D eigenvalue weighted by molar-refractivity contribution is 0.322. The molecule has 102 valence electrons. The minimum atomic E-state index is -3.13. The van der Waals surface area contributed by atoms with Crippen molar-refractivity contribution < 1.29 is 13.2 Å². The second kappa shape index (κ2) is 6.75. The molecule has 0 spiro atoms. The highest BCUT2D eigenvalue weighted by Gasteiger charge is 2.05. The molecule has 0 unspecified atom stereocenters. The monoisotopic (exact) mass is 271 g/mol. The van der Waals surface area contributed by atoms with Gasteiger partial charge in [0.25, 0.3) is 0 Å². The maximum Gasteiger partial charge on any atom is 0.211 e. The summed E-state index contributed by atoms with van der Waals surface area (Å²) in [6.07, 6.45) is 0. The molecule has 4 nitrogen and oxygen atoms in total. The second-order valence-electron chi connectivity index (χ2n) is 4.37. The highest BCUT2D eigenvalue weighted by Crippen LogP contribution is 2.19. The fraction of sp³-hybridized carbons (Fsp3) is 0.538. The van der Waals surface area contributed by atoms with E-state index in [1.54, 1.807) is 6.92 Å². The van der Waals surface area contributed by atoms with Crippen LogP contribution in [0.4, 0.5) is 0 Å². The van der Waals surface area contributed by atoms with Crippen LogP contribution < -0.4 is 9.46 Å². The second-order valence-corrected chi connectivity index (χ2v) is 6.47. The van der Waals surface area contributed by atoms with Gasteiger partial charge in [0, 0.05) is 6.54 Å². The van der Waals surface area contributed by atoms with Crippen molar-refractivity contribution in [2.24, 2.45) is 0 Å². The molecule has 0 aliphatic carbocycles. The Morgan fingerprint density at radius 1 is 1.33 bits per heavy atom. The molecular formula is C13H21NO3S. The first-order valence-electron chi connectivity index (χ1n) is 6.14. The lowest BCUT2D eigenvalue weighted by atomic mass is 10.0. The SMILES string of the molecule is CCS(=O)(=O)NCCOc1cccc(C(C)C)c1. The van der Waals surface area contributed by atoms with Gasteiger partial charge in [-0.05, 0) is 30.5 Å². The molecule has 1 N–H and O–H groups in total. The highest BCUT2D eigenvalue weighted by molar-refractivity contribution is 7.89. The molecule has 0 saturated heterocycles. The van der Waals surface area contributed by atoms with Gasteiger partial charge in [-0.25, -0.2) is 13.1 Å². The molecule has 0 aliphatic rings. The fourth-order valence-corrected chi connectivity index (χ4v) is 2.03. The first kappa shape index (κ1) is 15.0. The summed E-state index contributed by atoms with van der Waals surface area (Å²) in [5.74, 6) is 1.32. The van der Waals surface area contributed by atoms with E-state index in [0.29, 0.717) is 19.1 Å². The molecule has 0 aromatic heterocycles. The average molecular weight is 271 g/mol. The van der Waals surface area contributed by atoms with Crippen molar-refractivity contribution in [2.75, 3.05) is 18.9 Å². The predicted molar refractivity (Wildman–Crippen MR) is 73.5 cm³/mol. The van der Waals surface area contributed by atoms with E-state index >= 15 is 0 Å². The summed E-state index contributed by atoms with van der Waals surface area (Å²) < 4.78 is 30.3. The maximum atomic E-state index is 11.2. The Balaban J connectivity index is 2.42. The van der Waals surface area contributed by atoms with Crippen LogP contribution in [-0.2, 0) is 10.0 Å². The fourth-order valence-electron chi connectivity index (χ4n) is 1.43. The molecule has 1 rings (SSSR count). The predicted octanol–water partition coefficient (Wildman–Crippen LogP) is 2.13. The summed E-state index contributed by atoms with van der Waals surface area (Å²) in [4.78, 5) is 0. The van der Waals surface area contributed by atoms with Gasteiger partial charge in [0.05, 0.1) is 5.75 Å². The third-order valence-corrected chi connectivity index (χ3v) is 4.00. The number of hydrogen-bond acceptors (Lipinski definition) is 3. The molecule has 0 atom stereocenters. The van der Waals surface area contributed by atoms with Gasteiger partial charge in [-0.2, -0.15) is 0 Å². The lowest BCUT2D eigenvalue weighted by Crippen LogP contribution is -2.29. The van der Waals surface area contributed by atoms with Crippen LogP contribution in [0.2, 0.25) is 0 Å². The Morgan fingerprint density at radius 2 is 2.06 bits per heavy atom. The molecule has 18 heavy (non-hydrogen) atoms. The minimum Gasteiger partial charge on any atom is -0.492 e. The molecule has 0 saturated carbocycles. The zero-order valence-corrected chi connectivity index (χ0v) is 12.0. The molecular weight excluding hydrogens is 250 g/mol. The molecule has 5 heteroatoms. The molecule has 0 bridgehead atoms. The highest BCUT2D eigenvalue weighted by atomic mass is 32.2. The minimum absolute atomic E-state index is 0.0931. The number of rotatable bonds is 7. The summed E-state index contributed by atoms with van der Waals surface area (Å²) in [6, 6.07) is 7.86. The van der Waals surface area contributed by atoms with E-state index in [9.17, 15) is 8.42 Å². The lowest BCUT2D eigenvalue weighted by Gasteiger charge is -2.10. The third kappa shape index (κ3) is 5.06. The number of hydrogen-bond donors (Lipinski definition) is 1. The molecule has 1 aromatic rings. The Morgan fingerprint density at radius 3 is 2.67 bits per heavy atom. The molecule has 0 amide bonds. The van der Waals surface area contributed by atoms with E-state index in [-0.39, 0.29) is 5.75 Å². The van der Waals surface area contributed by atoms with Crippen molar-refractivity contribution in [3.8, 4) is 5.75 Å². The summed E-state index contributed by atoms with van der Waals surface area (Å²) in [6.45, 7) is 6.47. The topological polar surface area (TPSA) is 55.4 Å². The molecule has 0 radical (unpaired) electrons. The van der Waals surface area contributed by atoms with Crippen molar-refractivity contribution in [3.05, 3.63) is 29.8 Å². The van der Waals surface area contributed by atoms with Crippen molar-refractivity contribution in [1.82, 2.24) is 4.72 Å². The van der Waals surface area contributed by atoms with Crippen LogP contribution in [-0.4, -0.2) is 27.3 Å².